The van der Waals surface area contributed by atoms with Crippen molar-refractivity contribution in [3.63, 3.8) is 0 Å². The molecule has 4 heteroatoms. The van der Waals surface area contributed by atoms with E-state index in [9.17, 15) is 4.79 Å². The maximum absolute atomic E-state index is 11.0. The summed E-state index contributed by atoms with van der Waals surface area (Å²) in [6, 6.07) is 0. The molecule has 0 aromatic carbocycles. The summed E-state index contributed by atoms with van der Waals surface area (Å²) >= 11 is 0. The van der Waals surface area contributed by atoms with Crippen molar-refractivity contribution in [3.05, 3.63) is 0 Å². The molecule has 0 aromatic heterocycles. The van der Waals surface area contributed by atoms with Crippen molar-refractivity contribution < 1.29 is 19.0 Å². The second-order valence-electron chi connectivity index (χ2n) is 3.61. The first-order valence-corrected chi connectivity index (χ1v) is 4.40. The highest BCUT2D eigenvalue weighted by Crippen LogP contribution is 2.24. The highest BCUT2D eigenvalue weighted by Gasteiger charge is 2.34. The molecule has 0 aromatic rings. The SMILES string of the molecule is COC(=O)CC1(C)OCC(C)CO1. The minimum Gasteiger partial charge on any atom is -0.469 e. The van der Waals surface area contributed by atoms with Crippen molar-refractivity contribution in [1.82, 2.24) is 0 Å². The summed E-state index contributed by atoms with van der Waals surface area (Å²) in [6.07, 6.45) is 0.149. The zero-order valence-corrected chi connectivity index (χ0v) is 8.33. The number of methoxy groups -OCH3 is 1. The molecule has 0 aliphatic carbocycles. The molecule has 1 saturated heterocycles. The number of ether oxygens (including phenoxy) is 3. The topological polar surface area (TPSA) is 44.8 Å². The minimum atomic E-state index is -0.792. The van der Waals surface area contributed by atoms with Crippen LogP contribution in [0.3, 0.4) is 0 Å². The zero-order valence-electron chi connectivity index (χ0n) is 8.33. The molecule has 0 spiro atoms. The lowest BCUT2D eigenvalue weighted by Gasteiger charge is -2.35. The first-order chi connectivity index (χ1) is 6.06. The Bertz CT molecular complexity index is 182. The van der Waals surface area contributed by atoms with Crippen molar-refractivity contribution in [2.75, 3.05) is 20.3 Å². The second kappa shape index (κ2) is 4.07. The van der Waals surface area contributed by atoms with E-state index in [-0.39, 0.29) is 12.4 Å². The second-order valence-corrected chi connectivity index (χ2v) is 3.61. The molecule has 13 heavy (non-hydrogen) atoms. The van der Waals surface area contributed by atoms with E-state index >= 15 is 0 Å². The number of rotatable bonds is 2. The fraction of sp³-hybridized carbons (Fsp3) is 0.889. The molecule has 0 atom stereocenters. The van der Waals surface area contributed by atoms with Crippen LogP contribution in [0.2, 0.25) is 0 Å². The van der Waals surface area contributed by atoms with Gasteiger partial charge in [0.05, 0.1) is 26.7 Å². The third-order valence-electron chi connectivity index (χ3n) is 2.04. The van der Waals surface area contributed by atoms with Crippen molar-refractivity contribution in [1.29, 1.82) is 0 Å². The fourth-order valence-electron chi connectivity index (χ4n) is 1.16. The van der Waals surface area contributed by atoms with Gasteiger partial charge in [0.15, 0.2) is 5.79 Å². The number of carbonyl (C=O) groups excluding carboxylic acids is 1. The fourth-order valence-corrected chi connectivity index (χ4v) is 1.16. The molecule has 1 heterocycles. The average Bonchev–Trinajstić information content (AvgIpc) is 2.10. The van der Waals surface area contributed by atoms with Gasteiger partial charge in [0, 0.05) is 5.92 Å². The van der Waals surface area contributed by atoms with Gasteiger partial charge in [-0.2, -0.15) is 0 Å². The number of esters is 1. The Labute approximate surface area is 78.2 Å². The molecule has 0 unspecified atom stereocenters. The number of hydrogen-bond donors (Lipinski definition) is 0. The summed E-state index contributed by atoms with van der Waals surface area (Å²) in [4.78, 5) is 11.0. The third-order valence-corrected chi connectivity index (χ3v) is 2.04. The molecule has 1 aliphatic rings. The molecule has 4 nitrogen and oxygen atoms in total. The monoisotopic (exact) mass is 188 g/mol. The van der Waals surface area contributed by atoms with Crippen molar-refractivity contribution in [2.45, 2.75) is 26.1 Å². The minimum absolute atomic E-state index is 0.149. The van der Waals surface area contributed by atoms with Gasteiger partial charge in [-0.05, 0) is 6.92 Å². The van der Waals surface area contributed by atoms with E-state index in [2.05, 4.69) is 4.74 Å². The lowest BCUT2D eigenvalue weighted by molar-refractivity contribution is -0.273. The molecule has 1 fully saturated rings. The van der Waals surface area contributed by atoms with Gasteiger partial charge >= 0.3 is 5.97 Å². The summed E-state index contributed by atoms with van der Waals surface area (Å²) in [5.41, 5.74) is 0. The van der Waals surface area contributed by atoms with Gasteiger partial charge in [0.2, 0.25) is 0 Å². The molecular weight excluding hydrogens is 172 g/mol. The Balaban J connectivity index is 2.43. The van der Waals surface area contributed by atoms with Crippen LogP contribution in [-0.2, 0) is 19.0 Å². The van der Waals surface area contributed by atoms with Gasteiger partial charge in [0.25, 0.3) is 0 Å². The van der Waals surface area contributed by atoms with Crippen LogP contribution in [0.15, 0.2) is 0 Å². The summed E-state index contributed by atoms with van der Waals surface area (Å²) < 4.78 is 15.4. The van der Waals surface area contributed by atoms with Crippen LogP contribution in [-0.4, -0.2) is 32.1 Å². The summed E-state index contributed by atoms with van der Waals surface area (Å²) in [6.45, 7) is 5.06. The zero-order chi connectivity index (χ0) is 9.90. The van der Waals surface area contributed by atoms with Crippen LogP contribution in [0.5, 0.6) is 0 Å². The highest BCUT2D eigenvalue weighted by molar-refractivity contribution is 5.70. The Morgan fingerprint density at radius 2 is 2.08 bits per heavy atom. The van der Waals surface area contributed by atoms with E-state index in [0.717, 1.165) is 0 Å². The Morgan fingerprint density at radius 3 is 2.54 bits per heavy atom. The first kappa shape index (κ1) is 10.5. The van der Waals surface area contributed by atoms with Crippen molar-refractivity contribution in [3.8, 4) is 0 Å². The quantitative estimate of drug-likeness (QED) is 0.605. The van der Waals surface area contributed by atoms with Gasteiger partial charge in [-0.15, -0.1) is 0 Å². The van der Waals surface area contributed by atoms with Crippen molar-refractivity contribution in [2.24, 2.45) is 5.92 Å². The summed E-state index contributed by atoms with van der Waals surface area (Å²) in [7, 11) is 1.36. The normalized spacial score (nSPS) is 34.2. The standard InChI is InChI=1S/C9H16O4/c1-7-5-12-9(2,13-6-7)4-8(10)11-3/h7H,4-6H2,1-3H3. The number of hydrogen-bond acceptors (Lipinski definition) is 4. The van der Waals surface area contributed by atoms with Gasteiger partial charge < -0.3 is 14.2 Å². The first-order valence-electron chi connectivity index (χ1n) is 4.40. The lowest BCUT2D eigenvalue weighted by atomic mass is 10.1. The van der Waals surface area contributed by atoms with E-state index in [0.29, 0.717) is 19.1 Å². The molecule has 76 valence electrons. The van der Waals surface area contributed by atoms with E-state index in [1.807, 2.05) is 6.92 Å². The largest absolute Gasteiger partial charge is 0.469 e. The lowest BCUT2D eigenvalue weighted by Crippen LogP contribution is -2.42. The Kier molecular flexibility index (Phi) is 3.27. The summed E-state index contributed by atoms with van der Waals surface area (Å²) in [5, 5.41) is 0. The van der Waals surface area contributed by atoms with E-state index in [4.69, 9.17) is 9.47 Å². The van der Waals surface area contributed by atoms with E-state index in [1.54, 1.807) is 6.92 Å². The maximum atomic E-state index is 11.0. The maximum Gasteiger partial charge on any atom is 0.310 e. The predicted octanol–water partition coefficient (Wildman–Crippen LogP) is 0.949. The molecule has 1 rings (SSSR count). The van der Waals surface area contributed by atoms with Gasteiger partial charge in [-0.25, -0.2) is 0 Å². The molecule has 1 aliphatic heterocycles. The summed E-state index contributed by atoms with van der Waals surface area (Å²) in [5.74, 6) is -0.706. The molecule has 0 bridgehead atoms. The van der Waals surface area contributed by atoms with E-state index < -0.39 is 5.79 Å². The van der Waals surface area contributed by atoms with Crippen LogP contribution in [0.25, 0.3) is 0 Å². The van der Waals surface area contributed by atoms with Crippen LogP contribution in [0.1, 0.15) is 20.3 Å². The van der Waals surface area contributed by atoms with Crippen molar-refractivity contribution >= 4 is 5.97 Å². The van der Waals surface area contributed by atoms with Crippen LogP contribution < -0.4 is 0 Å². The molecular formula is C9H16O4. The van der Waals surface area contributed by atoms with Gasteiger partial charge in [-0.3, -0.25) is 4.79 Å². The van der Waals surface area contributed by atoms with Gasteiger partial charge in [0.1, 0.15) is 0 Å². The van der Waals surface area contributed by atoms with E-state index in [1.165, 1.54) is 7.11 Å². The highest BCUT2D eigenvalue weighted by atomic mass is 16.7. The molecule has 0 N–H and O–H groups in total. The van der Waals surface area contributed by atoms with Gasteiger partial charge in [-0.1, -0.05) is 6.92 Å². The third kappa shape index (κ3) is 2.97. The molecule has 0 radical (unpaired) electrons. The van der Waals surface area contributed by atoms with Crippen LogP contribution in [0.4, 0.5) is 0 Å². The van der Waals surface area contributed by atoms with Crippen LogP contribution in [0, 0.1) is 5.92 Å². The molecule has 0 amide bonds. The predicted molar refractivity (Wildman–Crippen MR) is 46.1 cm³/mol. The Hall–Kier alpha value is -0.610. The number of carbonyl (C=O) groups is 1. The smallest absolute Gasteiger partial charge is 0.310 e. The average molecular weight is 188 g/mol. The Morgan fingerprint density at radius 1 is 1.54 bits per heavy atom. The van der Waals surface area contributed by atoms with Crippen LogP contribution >= 0.6 is 0 Å². The molecule has 0 saturated carbocycles.